The molecule has 1 fully saturated rings. The first kappa shape index (κ1) is 16.0. The van der Waals surface area contributed by atoms with Gasteiger partial charge < -0.3 is 4.90 Å². The zero-order chi connectivity index (χ0) is 16.2. The molecule has 1 amide bonds. The van der Waals surface area contributed by atoms with Gasteiger partial charge in [0.2, 0.25) is 0 Å². The van der Waals surface area contributed by atoms with Crippen LogP contribution in [0.5, 0.6) is 0 Å². The van der Waals surface area contributed by atoms with E-state index < -0.39 is 0 Å². The van der Waals surface area contributed by atoms with Gasteiger partial charge in [-0.1, -0.05) is 54.3 Å². The standard InChI is InChI=1S/C17H21ClN4O/c1-21(11-13-7-5-6-10-15(13)18)17(23)16-12-22(20-19-16)14-8-3-2-4-9-14/h5-7,10,12,14H,2-4,8-9,11H2,1H3. The van der Waals surface area contributed by atoms with Gasteiger partial charge in [-0.2, -0.15) is 0 Å². The van der Waals surface area contributed by atoms with Crippen molar-refractivity contribution in [2.75, 3.05) is 7.05 Å². The lowest BCUT2D eigenvalue weighted by Gasteiger charge is -2.21. The smallest absolute Gasteiger partial charge is 0.276 e. The average Bonchev–Trinajstić information content (AvgIpc) is 3.07. The summed E-state index contributed by atoms with van der Waals surface area (Å²) in [4.78, 5) is 14.1. The van der Waals surface area contributed by atoms with E-state index in [9.17, 15) is 4.79 Å². The maximum absolute atomic E-state index is 12.5. The monoisotopic (exact) mass is 332 g/mol. The molecule has 1 aliphatic carbocycles. The quantitative estimate of drug-likeness (QED) is 0.857. The van der Waals surface area contributed by atoms with Crippen molar-refractivity contribution in [3.05, 3.63) is 46.7 Å². The molecule has 0 N–H and O–H groups in total. The topological polar surface area (TPSA) is 51.0 Å². The number of carbonyl (C=O) groups is 1. The van der Waals surface area contributed by atoms with Crippen LogP contribution in [0.2, 0.25) is 5.02 Å². The first-order chi connectivity index (χ1) is 11.1. The summed E-state index contributed by atoms with van der Waals surface area (Å²) in [5, 5.41) is 8.89. The molecule has 1 saturated carbocycles. The van der Waals surface area contributed by atoms with Gasteiger partial charge in [0, 0.05) is 18.6 Å². The highest BCUT2D eigenvalue weighted by atomic mass is 35.5. The van der Waals surface area contributed by atoms with Gasteiger partial charge in [0.1, 0.15) is 0 Å². The van der Waals surface area contributed by atoms with Crippen LogP contribution in [0.15, 0.2) is 30.5 Å². The second kappa shape index (κ2) is 7.13. The predicted molar refractivity (Wildman–Crippen MR) is 89.4 cm³/mol. The summed E-state index contributed by atoms with van der Waals surface area (Å²) in [5.74, 6) is -0.132. The fourth-order valence-electron chi connectivity index (χ4n) is 3.05. The Bertz CT molecular complexity index is 679. The molecular formula is C17H21ClN4O. The average molecular weight is 333 g/mol. The Kier molecular flexibility index (Phi) is 4.96. The maximum atomic E-state index is 12.5. The van der Waals surface area contributed by atoms with Crippen LogP contribution in [0.1, 0.15) is 54.2 Å². The Morgan fingerprint density at radius 1 is 1.30 bits per heavy atom. The largest absolute Gasteiger partial charge is 0.336 e. The SMILES string of the molecule is CN(Cc1ccccc1Cl)C(=O)c1cn(C2CCCCC2)nn1. The van der Waals surface area contributed by atoms with Crippen LogP contribution in [0.3, 0.4) is 0 Å². The summed E-state index contributed by atoms with van der Waals surface area (Å²) < 4.78 is 1.86. The minimum absolute atomic E-state index is 0.132. The summed E-state index contributed by atoms with van der Waals surface area (Å²) in [6, 6.07) is 7.92. The molecule has 0 spiro atoms. The van der Waals surface area contributed by atoms with E-state index in [0.717, 1.165) is 18.4 Å². The summed E-state index contributed by atoms with van der Waals surface area (Å²) >= 11 is 6.15. The van der Waals surface area contributed by atoms with Crippen molar-refractivity contribution in [1.82, 2.24) is 19.9 Å². The molecule has 6 heteroatoms. The van der Waals surface area contributed by atoms with Crippen LogP contribution in [-0.2, 0) is 6.54 Å². The van der Waals surface area contributed by atoms with Crippen molar-refractivity contribution in [3.8, 4) is 0 Å². The molecule has 1 aliphatic rings. The van der Waals surface area contributed by atoms with Crippen molar-refractivity contribution in [2.24, 2.45) is 0 Å². The van der Waals surface area contributed by atoms with Crippen LogP contribution in [-0.4, -0.2) is 32.8 Å². The number of aromatic nitrogens is 3. The van der Waals surface area contributed by atoms with E-state index in [4.69, 9.17) is 11.6 Å². The van der Waals surface area contributed by atoms with E-state index in [1.54, 1.807) is 18.1 Å². The Balaban J connectivity index is 1.68. The number of halogens is 1. The number of hydrogen-bond donors (Lipinski definition) is 0. The molecule has 0 bridgehead atoms. The zero-order valence-electron chi connectivity index (χ0n) is 13.3. The number of hydrogen-bond acceptors (Lipinski definition) is 3. The van der Waals surface area contributed by atoms with E-state index in [1.165, 1.54) is 19.3 Å². The highest BCUT2D eigenvalue weighted by molar-refractivity contribution is 6.31. The Morgan fingerprint density at radius 3 is 2.78 bits per heavy atom. The minimum Gasteiger partial charge on any atom is -0.336 e. The lowest BCUT2D eigenvalue weighted by atomic mass is 9.96. The molecule has 2 aromatic rings. The molecule has 0 radical (unpaired) electrons. The highest BCUT2D eigenvalue weighted by Gasteiger charge is 2.21. The normalized spacial score (nSPS) is 15.6. The lowest BCUT2D eigenvalue weighted by molar-refractivity contribution is 0.0779. The van der Waals surface area contributed by atoms with Crippen molar-refractivity contribution >= 4 is 17.5 Å². The molecule has 5 nitrogen and oxygen atoms in total. The van der Waals surface area contributed by atoms with Crippen LogP contribution in [0.25, 0.3) is 0 Å². The Labute approximate surface area is 141 Å². The second-order valence-electron chi connectivity index (χ2n) is 6.13. The Hall–Kier alpha value is -1.88. The maximum Gasteiger partial charge on any atom is 0.276 e. The summed E-state index contributed by atoms with van der Waals surface area (Å²) in [6.07, 6.45) is 7.75. The van der Waals surface area contributed by atoms with Crippen LogP contribution >= 0.6 is 11.6 Å². The van der Waals surface area contributed by atoms with Crippen molar-refractivity contribution in [2.45, 2.75) is 44.7 Å². The van der Waals surface area contributed by atoms with Gasteiger partial charge in [-0.15, -0.1) is 5.10 Å². The van der Waals surface area contributed by atoms with Gasteiger partial charge in [-0.25, -0.2) is 4.68 Å². The number of rotatable bonds is 4. The fraction of sp³-hybridized carbons (Fsp3) is 0.471. The van der Waals surface area contributed by atoms with Crippen molar-refractivity contribution in [3.63, 3.8) is 0 Å². The molecule has 0 saturated heterocycles. The van der Waals surface area contributed by atoms with Gasteiger partial charge in [-0.05, 0) is 24.5 Å². The summed E-state index contributed by atoms with van der Waals surface area (Å²) in [7, 11) is 1.76. The first-order valence-corrected chi connectivity index (χ1v) is 8.43. The molecule has 1 aromatic carbocycles. The van der Waals surface area contributed by atoms with Gasteiger partial charge in [0.25, 0.3) is 5.91 Å². The lowest BCUT2D eigenvalue weighted by Crippen LogP contribution is -2.26. The van der Waals surface area contributed by atoms with Crippen LogP contribution in [0, 0.1) is 0 Å². The van der Waals surface area contributed by atoms with Gasteiger partial charge in [0.15, 0.2) is 5.69 Å². The molecule has 0 atom stereocenters. The number of carbonyl (C=O) groups excluding carboxylic acids is 1. The third-order valence-electron chi connectivity index (χ3n) is 4.39. The fourth-order valence-corrected chi connectivity index (χ4v) is 3.24. The van der Waals surface area contributed by atoms with Gasteiger partial charge >= 0.3 is 0 Å². The van der Waals surface area contributed by atoms with Crippen LogP contribution in [0.4, 0.5) is 0 Å². The van der Waals surface area contributed by atoms with E-state index >= 15 is 0 Å². The number of amides is 1. The molecule has 1 heterocycles. The third-order valence-corrected chi connectivity index (χ3v) is 4.76. The third kappa shape index (κ3) is 3.72. The second-order valence-corrected chi connectivity index (χ2v) is 6.54. The van der Waals surface area contributed by atoms with E-state index in [0.29, 0.717) is 23.3 Å². The van der Waals surface area contributed by atoms with Crippen LogP contribution < -0.4 is 0 Å². The zero-order valence-corrected chi connectivity index (χ0v) is 14.0. The summed E-state index contributed by atoms with van der Waals surface area (Å²) in [6.45, 7) is 0.453. The first-order valence-electron chi connectivity index (χ1n) is 8.06. The van der Waals surface area contributed by atoms with Gasteiger partial charge in [0.05, 0.1) is 12.2 Å². The molecule has 23 heavy (non-hydrogen) atoms. The Morgan fingerprint density at radius 2 is 2.04 bits per heavy atom. The van der Waals surface area contributed by atoms with Crippen molar-refractivity contribution in [1.29, 1.82) is 0 Å². The summed E-state index contributed by atoms with van der Waals surface area (Å²) in [5.41, 5.74) is 1.31. The molecule has 0 unspecified atom stereocenters. The highest BCUT2D eigenvalue weighted by Crippen LogP contribution is 2.27. The molecule has 122 valence electrons. The molecule has 3 rings (SSSR count). The minimum atomic E-state index is -0.132. The van der Waals surface area contributed by atoms with E-state index in [2.05, 4.69) is 10.3 Å². The predicted octanol–water partition coefficient (Wildman–Crippen LogP) is 3.71. The van der Waals surface area contributed by atoms with E-state index in [-0.39, 0.29) is 5.91 Å². The molecule has 0 aliphatic heterocycles. The van der Waals surface area contributed by atoms with Gasteiger partial charge in [-0.3, -0.25) is 4.79 Å². The number of benzene rings is 1. The number of nitrogens with zero attached hydrogens (tertiary/aromatic N) is 4. The van der Waals surface area contributed by atoms with Crippen molar-refractivity contribution < 1.29 is 4.79 Å². The molecular weight excluding hydrogens is 312 g/mol. The molecule has 1 aromatic heterocycles. The van der Waals surface area contributed by atoms with E-state index in [1.807, 2.05) is 28.9 Å².